The molecule has 1 amide bonds. The first-order valence-electron chi connectivity index (χ1n) is 5.95. The minimum atomic E-state index is -0.852. The van der Waals surface area contributed by atoms with Crippen molar-refractivity contribution in [2.45, 2.75) is 12.5 Å². The van der Waals surface area contributed by atoms with Crippen LogP contribution in [0.25, 0.3) is 0 Å². The van der Waals surface area contributed by atoms with Gasteiger partial charge in [0.2, 0.25) is 5.91 Å². The molecule has 2 rings (SSSR count). The van der Waals surface area contributed by atoms with Gasteiger partial charge in [-0.15, -0.1) is 0 Å². The molecule has 0 saturated carbocycles. The molecule has 1 heterocycles. The van der Waals surface area contributed by atoms with Gasteiger partial charge in [0.1, 0.15) is 0 Å². The quantitative estimate of drug-likeness (QED) is 0.916. The topological polar surface area (TPSA) is 60.9 Å². The van der Waals surface area contributed by atoms with Gasteiger partial charge in [0.25, 0.3) is 0 Å². The molecule has 1 saturated heterocycles. The Morgan fingerprint density at radius 1 is 1.42 bits per heavy atom. The highest BCUT2D eigenvalue weighted by Crippen LogP contribution is 2.24. The van der Waals surface area contributed by atoms with Crippen molar-refractivity contribution in [2.75, 3.05) is 25.0 Å². The second-order valence-electron chi connectivity index (χ2n) is 4.63. The zero-order chi connectivity index (χ0) is 14.0. The van der Waals surface area contributed by atoms with E-state index in [1.54, 1.807) is 11.9 Å². The summed E-state index contributed by atoms with van der Waals surface area (Å²) in [5.74, 6) is -0.848. The second kappa shape index (κ2) is 5.61. The van der Waals surface area contributed by atoms with Crippen LogP contribution in [0.2, 0.25) is 0 Å². The van der Waals surface area contributed by atoms with Crippen LogP contribution in [0.3, 0.4) is 0 Å². The van der Waals surface area contributed by atoms with Gasteiger partial charge in [-0.05, 0) is 24.3 Å². The minimum absolute atomic E-state index is 0.00422. The molecular weight excluding hydrogens is 312 g/mol. The Kier molecular flexibility index (Phi) is 4.09. The number of nitrogens with zero attached hydrogens (tertiary/aromatic N) is 2. The van der Waals surface area contributed by atoms with Crippen LogP contribution in [0.4, 0.5) is 5.69 Å². The van der Waals surface area contributed by atoms with Gasteiger partial charge in [0.05, 0.1) is 19.0 Å². The first-order valence-corrected chi connectivity index (χ1v) is 6.74. The van der Waals surface area contributed by atoms with Crippen LogP contribution in [0.1, 0.15) is 6.42 Å². The van der Waals surface area contributed by atoms with E-state index >= 15 is 0 Å². The molecule has 1 aromatic rings. The third kappa shape index (κ3) is 3.26. The molecule has 0 radical (unpaired) electrons. The number of hydrogen-bond acceptors (Lipinski definition) is 3. The molecule has 0 spiro atoms. The van der Waals surface area contributed by atoms with Gasteiger partial charge in [-0.2, -0.15) is 0 Å². The number of anilines is 1. The van der Waals surface area contributed by atoms with Gasteiger partial charge < -0.3 is 14.9 Å². The third-order valence-electron chi connectivity index (χ3n) is 3.23. The number of carbonyl (C=O) groups is 2. The van der Waals surface area contributed by atoms with E-state index in [1.807, 2.05) is 29.2 Å². The molecule has 1 aliphatic heterocycles. The number of hydrogen-bond donors (Lipinski definition) is 1. The number of benzene rings is 1. The lowest BCUT2D eigenvalue weighted by atomic mass is 10.1. The van der Waals surface area contributed by atoms with Crippen LogP contribution < -0.4 is 4.90 Å². The van der Waals surface area contributed by atoms with E-state index in [0.717, 1.165) is 10.2 Å². The smallest absolute Gasteiger partial charge is 0.305 e. The van der Waals surface area contributed by atoms with E-state index in [9.17, 15) is 9.59 Å². The Bertz CT molecular complexity index is 489. The van der Waals surface area contributed by atoms with Crippen molar-refractivity contribution in [3.63, 3.8) is 0 Å². The SMILES string of the molecule is CN1CC(CC(=O)O)N(c2ccc(Br)cc2)CC1=O. The fraction of sp³-hybridized carbons (Fsp3) is 0.385. The summed E-state index contributed by atoms with van der Waals surface area (Å²) in [7, 11) is 1.70. The Labute approximate surface area is 119 Å². The fourth-order valence-electron chi connectivity index (χ4n) is 2.22. The average Bonchev–Trinajstić information content (AvgIpc) is 2.34. The molecule has 6 heteroatoms. The van der Waals surface area contributed by atoms with Crippen molar-refractivity contribution in [2.24, 2.45) is 0 Å². The van der Waals surface area contributed by atoms with Gasteiger partial charge in [0.15, 0.2) is 0 Å². The lowest BCUT2D eigenvalue weighted by molar-refractivity contribution is -0.139. The number of halogens is 1. The summed E-state index contributed by atoms with van der Waals surface area (Å²) < 4.78 is 0.950. The average molecular weight is 327 g/mol. The zero-order valence-corrected chi connectivity index (χ0v) is 12.1. The molecule has 1 aromatic carbocycles. The summed E-state index contributed by atoms with van der Waals surface area (Å²) in [4.78, 5) is 26.2. The predicted molar refractivity (Wildman–Crippen MR) is 75.2 cm³/mol. The van der Waals surface area contributed by atoms with Gasteiger partial charge in [0, 0.05) is 23.8 Å². The van der Waals surface area contributed by atoms with Crippen molar-refractivity contribution in [3.8, 4) is 0 Å². The van der Waals surface area contributed by atoms with Crippen molar-refractivity contribution < 1.29 is 14.7 Å². The van der Waals surface area contributed by atoms with Crippen LogP contribution in [0.5, 0.6) is 0 Å². The molecule has 1 unspecified atom stereocenters. The lowest BCUT2D eigenvalue weighted by Crippen LogP contribution is -2.55. The Hall–Kier alpha value is -1.56. The first-order chi connectivity index (χ1) is 8.97. The maximum Gasteiger partial charge on any atom is 0.305 e. The van der Waals surface area contributed by atoms with Crippen molar-refractivity contribution in [3.05, 3.63) is 28.7 Å². The molecule has 102 valence electrons. The number of piperazine rings is 1. The van der Waals surface area contributed by atoms with Crippen LogP contribution in [-0.4, -0.2) is 48.1 Å². The molecule has 19 heavy (non-hydrogen) atoms. The fourth-order valence-corrected chi connectivity index (χ4v) is 2.49. The maximum atomic E-state index is 11.8. The van der Waals surface area contributed by atoms with Crippen molar-refractivity contribution >= 4 is 33.5 Å². The standard InChI is InChI=1S/C13H15BrN2O3/c1-15-7-11(6-13(18)19)16(8-12(15)17)10-4-2-9(14)3-5-10/h2-5,11H,6-8H2,1H3,(H,18,19). The number of aliphatic carboxylic acids is 1. The maximum absolute atomic E-state index is 11.8. The summed E-state index contributed by atoms with van der Waals surface area (Å²) in [6.07, 6.45) is 0.0215. The highest BCUT2D eigenvalue weighted by molar-refractivity contribution is 9.10. The number of carboxylic acids is 1. The number of carboxylic acid groups (broad SMARTS) is 1. The Balaban J connectivity index is 2.25. The molecule has 5 nitrogen and oxygen atoms in total. The third-order valence-corrected chi connectivity index (χ3v) is 3.75. The number of carbonyl (C=O) groups excluding carboxylic acids is 1. The molecule has 0 bridgehead atoms. The number of amides is 1. The number of rotatable bonds is 3. The summed E-state index contributed by atoms with van der Waals surface area (Å²) in [5.41, 5.74) is 0.871. The summed E-state index contributed by atoms with van der Waals surface area (Å²) in [6, 6.07) is 7.35. The molecular formula is C13H15BrN2O3. The molecule has 0 aliphatic carbocycles. The van der Waals surface area contributed by atoms with E-state index in [0.29, 0.717) is 6.54 Å². The molecule has 1 atom stereocenters. The predicted octanol–water partition coefficient (Wildman–Crippen LogP) is 1.57. The van der Waals surface area contributed by atoms with Crippen LogP contribution in [0.15, 0.2) is 28.7 Å². The largest absolute Gasteiger partial charge is 0.481 e. The molecule has 1 aliphatic rings. The molecule has 1 N–H and O–H groups in total. The van der Waals surface area contributed by atoms with Gasteiger partial charge >= 0.3 is 5.97 Å². The van der Waals surface area contributed by atoms with E-state index in [1.165, 1.54) is 0 Å². The van der Waals surface area contributed by atoms with E-state index in [4.69, 9.17) is 5.11 Å². The van der Waals surface area contributed by atoms with Crippen molar-refractivity contribution in [1.29, 1.82) is 0 Å². The molecule has 1 fully saturated rings. The van der Waals surface area contributed by atoms with Gasteiger partial charge in [-0.25, -0.2) is 0 Å². The summed E-state index contributed by atoms with van der Waals surface area (Å²) in [5, 5.41) is 8.99. The summed E-state index contributed by atoms with van der Waals surface area (Å²) >= 11 is 3.36. The van der Waals surface area contributed by atoms with Gasteiger partial charge in [-0.3, -0.25) is 9.59 Å². The van der Waals surface area contributed by atoms with Crippen LogP contribution in [0, 0.1) is 0 Å². The van der Waals surface area contributed by atoms with E-state index in [2.05, 4.69) is 15.9 Å². The monoisotopic (exact) mass is 326 g/mol. The van der Waals surface area contributed by atoms with Crippen molar-refractivity contribution in [1.82, 2.24) is 4.90 Å². The van der Waals surface area contributed by atoms with E-state index in [-0.39, 0.29) is 24.9 Å². The summed E-state index contributed by atoms with van der Waals surface area (Å²) in [6.45, 7) is 0.650. The minimum Gasteiger partial charge on any atom is -0.481 e. The Morgan fingerprint density at radius 2 is 2.05 bits per heavy atom. The van der Waals surface area contributed by atoms with Crippen LogP contribution >= 0.6 is 15.9 Å². The lowest BCUT2D eigenvalue weighted by Gasteiger charge is -2.40. The highest BCUT2D eigenvalue weighted by Gasteiger charge is 2.31. The second-order valence-corrected chi connectivity index (χ2v) is 5.55. The van der Waals surface area contributed by atoms with E-state index < -0.39 is 5.97 Å². The zero-order valence-electron chi connectivity index (χ0n) is 10.5. The van der Waals surface area contributed by atoms with Gasteiger partial charge in [-0.1, -0.05) is 15.9 Å². The van der Waals surface area contributed by atoms with Crippen LogP contribution in [-0.2, 0) is 9.59 Å². The normalized spacial score (nSPS) is 19.7. The first kappa shape index (κ1) is 13.9. The number of likely N-dealkylation sites (N-methyl/N-ethyl adjacent to an activating group) is 1. The Morgan fingerprint density at radius 3 is 2.63 bits per heavy atom. The molecule has 0 aromatic heterocycles. The highest BCUT2D eigenvalue weighted by atomic mass is 79.9.